The first-order chi connectivity index (χ1) is 9.79. The summed E-state index contributed by atoms with van der Waals surface area (Å²) in [5.41, 5.74) is 6.59. The molecule has 0 spiro atoms. The third-order valence-corrected chi connectivity index (χ3v) is 4.92. The van der Waals surface area contributed by atoms with Crippen LogP contribution in [0.15, 0.2) is 51.8 Å². The summed E-state index contributed by atoms with van der Waals surface area (Å²) in [7, 11) is -3.81. The number of nitrogens with two attached hydrogens (primary N) is 1. The number of nitrogens with one attached hydrogen (secondary N) is 1. The van der Waals surface area contributed by atoms with Crippen LogP contribution in [0.25, 0.3) is 0 Å². The van der Waals surface area contributed by atoms with Gasteiger partial charge in [0.25, 0.3) is 10.0 Å². The molecule has 3 N–H and O–H groups in total. The Kier molecular flexibility index (Phi) is 4.65. The van der Waals surface area contributed by atoms with E-state index in [0.29, 0.717) is 10.0 Å². The summed E-state index contributed by atoms with van der Waals surface area (Å²) in [4.78, 5) is 0.0773. The summed E-state index contributed by atoms with van der Waals surface area (Å²) < 4.78 is 40.7. The third-order valence-electron chi connectivity index (χ3n) is 2.87. The topological polar surface area (TPSA) is 72.2 Å². The van der Waals surface area contributed by atoms with Gasteiger partial charge in [-0.15, -0.1) is 0 Å². The van der Waals surface area contributed by atoms with E-state index in [1.54, 1.807) is 19.1 Å². The van der Waals surface area contributed by atoms with Gasteiger partial charge in [0.1, 0.15) is 5.82 Å². The summed E-state index contributed by atoms with van der Waals surface area (Å²) in [5, 5.41) is 0. The van der Waals surface area contributed by atoms with Gasteiger partial charge in [0, 0.05) is 10.5 Å². The fraction of sp³-hybridized carbons (Fsp3) is 0.143. The fourth-order valence-electron chi connectivity index (χ4n) is 1.74. The molecule has 2 aromatic carbocycles. The molecule has 0 heterocycles. The Morgan fingerprint density at radius 3 is 2.62 bits per heavy atom. The van der Waals surface area contributed by atoms with Crippen LogP contribution >= 0.6 is 15.9 Å². The molecule has 0 fully saturated rings. The first-order valence-electron chi connectivity index (χ1n) is 6.13. The molecule has 0 saturated carbocycles. The minimum atomic E-state index is -3.81. The number of sulfonamides is 1. The van der Waals surface area contributed by atoms with Gasteiger partial charge in [0.2, 0.25) is 0 Å². The van der Waals surface area contributed by atoms with Crippen LogP contribution in [-0.4, -0.2) is 8.42 Å². The van der Waals surface area contributed by atoms with Crippen molar-refractivity contribution >= 4 is 31.6 Å². The average molecular weight is 373 g/mol. The highest BCUT2D eigenvalue weighted by atomic mass is 79.9. The van der Waals surface area contributed by atoms with Gasteiger partial charge >= 0.3 is 0 Å². The maximum atomic E-state index is 13.2. The molecule has 0 bridgehead atoms. The lowest BCUT2D eigenvalue weighted by atomic mass is 10.1. The van der Waals surface area contributed by atoms with Crippen LogP contribution in [0.3, 0.4) is 0 Å². The Bertz CT molecular complexity index is 763. The molecule has 0 radical (unpaired) electrons. The second-order valence-electron chi connectivity index (χ2n) is 4.59. The predicted octanol–water partition coefficient (Wildman–Crippen LogP) is 3.41. The molecule has 0 aliphatic rings. The molecule has 1 atom stereocenters. The first-order valence-corrected chi connectivity index (χ1v) is 8.40. The predicted molar refractivity (Wildman–Crippen MR) is 84.0 cm³/mol. The van der Waals surface area contributed by atoms with E-state index in [0.717, 1.165) is 6.07 Å². The minimum Gasteiger partial charge on any atom is -0.324 e. The zero-order chi connectivity index (χ0) is 15.6. The summed E-state index contributed by atoms with van der Waals surface area (Å²) in [6.45, 7) is 1.77. The number of rotatable bonds is 4. The van der Waals surface area contributed by atoms with Gasteiger partial charge in [-0.3, -0.25) is 4.72 Å². The van der Waals surface area contributed by atoms with Gasteiger partial charge in [-0.25, -0.2) is 12.8 Å². The summed E-state index contributed by atoms with van der Waals surface area (Å²) in [5.74, 6) is -0.528. The normalized spacial score (nSPS) is 13.0. The van der Waals surface area contributed by atoms with Crippen LogP contribution in [-0.2, 0) is 10.0 Å². The molecular formula is C14H14BrFN2O2S. The molecule has 7 heteroatoms. The van der Waals surface area contributed by atoms with E-state index in [4.69, 9.17) is 5.73 Å². The summed E-state index contributed by atoms with van der Waals surface area (Å²) in [6, 6.07) is 9.83. The maximum absolute atomic E-state index is 13.2. The lowest BCUT2D eigenvalue weighted by Crippen LogP contribution is -2.14. The van der Waals surface area contributed by atoms with Crippen molar-refractivity contribution in [1.29, 1.82) is 0 Å². The van der Waals surface area contributed by atoms with E-state index in [-0.39, 0.29) is 16.6 Å². The van der Waals surface area contributed by atoms with E-state index in [1.165, 1.54) is 24.3 Å². The second kappa shape index (κ2) is 6.13. The van der Waals surface area contributed by atoms with Gasteiger partial charge in [-0.1, -0.05) is 12.1 Å². The quantitative estimate of drug-likeness (QED) is 0.863. The van der Waals surface area contributed by atoms with Crippen LogP contribution in [0.4, 0.5) is 10.1 Å². The molecule has 1 unspecified atom stereocenters. The van der Waals surface area contributed by atoms with E-state index < -0.39 is 15.8 Å². The number of halogens is 2. The van der Waals surface area contributed by atoms with Gasteiger partial charge in [-0.2, -0.15) is 0 Å². The van der Waals surface area contributed by atoms with Crippen molar-refractivity contribution < 1.29 is 12.8 Å². The van der Waals surface area contributed by atoms with Crippen molar-refractivity contribution in [2.45, 2.75) is 17.9 Å². The molecule has 0 aliphatic carbocycles. The molecule has 0 saturated heterocycles. The van der Waals surface area contributed by atoms with Crippen molar-refractivity contribution in [2.75, 3.05) is 4.72 Å². The Labute approximate surface area is 131 Å². The van der Waals surface area contributed by atoms with E-state index in [9.17, 15) is 12.8 Å². The second-order valence-corrected chi connectivity index (χ2v) is 7.13. The van der Waals surface area contributed by atoms with Crippen molar-refractivity contribution in [2.24, 2.45) is 5.73 Å². The lowest BCUT2D eigenvalue weighted by Gasteiger charge is -2.12. The Balaban J connectivity index is 2.38. The summed E-state index contributed by atoms with van der Waals surface area (Å²) in [6.07, 6.45) is 0. The molecule has 21 heavy (non-hydrogen) atoms. The van der Waals surface area contributed by atoms with Crippen molar-refractivity contribution in [3.05, 3.63) is 58.3 Å². The molecule has 2 aromatic rings. The average Bonchev–Trinajstić information content (AvgIpc) is 2.43. The molecule has 112 valence electrons. The monoisotopic (exact) mass is 372 g/mol. The summed E-state index contributed by atoms with van der Waals surface area (Å²) >= 11 is 3.18. The highest BCUT2D eigenvalue weighted by Gasteiger charge is 2.17. The Morgan fingerprint density at radius 2 is 1.95 bits per heavy atom. The van der Waals surface area contributed by atoms with Gasteiger partial charge in [0.05, 0.1) is 10.6 Å². The number of benzene rings is 2. The molecular weight excluding hydrogens is 359 g/mol. The number of hydrogen-bond donors (Lipinski definition) is 2. The smallest absolute Gasteiger partial charge is 0.261 e. The largest absolute Gasteiger partial charge is 0.324 e. The van der Waals surface area contributed by atoms with Crippen LogP contribution in [0.1, 0.15) is 18.5 Å². The molecule has 0 amide bonds. The van der Waals surface area contributed by atoms with Crippen molar-refractivity contribution in [3.63, 3.8) is 0 Å². The molecule has 0 aromatic heterocycles. The third kappa shape index (κ3) is 3.81. The van der Waals surface area contributed by atoms with E-state index in [2.05, 4.69) is 20.7 Å². The molecule has 0 aliphatic heterocycles. The van der Waals surface area contributed by atoms with Gasteiger partial charge in [0.15, 0.2) is 0 Å². The fourth-order valence-corrected chi connectivity index (χ4v) is 3.35. The first kappa shape index (κ1) is 15.9. The van der Waals surface area contributed by atoms with Gasteiger partial charge < -0.3 is 5.73 Å². The van der Waals surface area contributed by atoms with Crippen molar-refractivity contribution in [3.8, 4) is 0 Å². The highest BCUT2D eigenvalue weighted by molar-refractivity contribution is 9.10. The van der Waals surface area contributed by atoms with Crippen LogP contribution < -0.4 is 10.5 Å². The highest BCUT2D eigenvalue weighted by Crippen LogP contribution is 2.26. The SMILES string of the molecule is CC(N)c1cccc(S(=O)(=O)Nc2cc(F)ccc2Br)c1. The Morgan fingerprint density at radius 1 is 1.24 bits per heavy atom. The van der Waals surface area contributed by atoms with Gasteiger partial charge in [-0.05, 0) is 58.7 Å². The zero-order valence-corrected chi connectivity index (χ0v) is 13.6. The minimum absolute atomic E-state index is 0.0773. The van der Waals surface area contributed by atoms with Crippen LogP contribution in [0.2, 0.25) is 0 Å². The van der Waals surface area contributed by atoms with Crippen molar-refractivity contribution in [1.82, 2.24) is 0 Å². The zero-order valence-electron chi connectivity index (χ0n) is 11.2. The molecule has 4 nitrogen and oxygen atoms in total. The standard InChI is InChI=1S/C14H14BrFN2O2S/c1-9(17)10-3-2-4-12(7-10)21(19,20)18-14-8-11(16)5-6-13(14)15/h2-9,18H,17H2,1H3. The van der Waals surface area contributed by atoms with E-state index in [1.807, 2.05) is 0 Å². The van der Waals surface area contributed by atoms with E-state index >= 15 is 0 Å². The number of hydrogen-bond acceptors (Lipinski definition) is 3. The lowest BCUT2D eigenvalue weighted by molar-refractivity contribution is 0.600. The van der Waals surface area contributed by atoms with Crippen LogP contribution in [0, 0.1) is 5.82 Å². The Hall–Kier alpha value is -1.44. The van der Waals surface area contributed by atoms with Crippen LogP contribution in [0.5, 0.6) is 0 Å². The number of anilines is 1. The maximum Gasteiger partial charge on any atom is 0.261 e. The molecule has 2 rings (SSSR count).